The van der Waals surface area contributed by atoms with Crippen LogP contribution in [-0.2, 0) is 9.59 Å². The van der Waals surface area contributed by atoms with Crippen LogP contribution in [0.3, 0.4) is 0 Å². The Bertz CT molecular complexity index is 865. The van der Waals surface area contributed by atoms with Crippen LogP contribution >= 0.6 is 0 Å². The molecule has 0 N–H and O–H groups in total. The maximum Gasteiger partial charge on any atom is 0.227 e. The number of carbonyl (C=O) groups excluding carboxylic acids is 2. The average molecular weight is 393 g/mol. The molecule has 0 radical (unpaired) electrons. The lowest BCUT2D eigenvalue weighted by atomic mass is 9.96. The van der Waals surface area contributed by atoms with Gasteiger partial charge in [-0.1, -0.05) is 30.3 Å². The van der Waals surface area contributed by atoms with Gasteiger partial charge >= 0.3 is 0 Å². The van der Waals surface area contributed by atoms with Crippen LogP contribution in [0.25, 0.3) is 11.3 Å². The first-order valence-electron chi connectivity index (χ1n) is 10.3. The molecule has 1 unspecified atom stereocenters. The highest BCUT2D eigenvalue weighted by atomic mass is 16.2. The number of piperazine rings is 1. The van der Waals surface area contributed by atoms with Crippen molar-refractivity contribution in [2.45, 2.75) is 19.8 Å². The monoisotopic (exact) mass is 393 g/mol. The molecule has 0 saturated carbocycles. The summed E-state index contributed by atoms with van der Waals surface area (Å²) in [6.45, 7) is 5.67. The van der Waals surface area contributed by atoms with Crippen molar-refractivity contribution in [1.29, 1.82) is 0 Å². The number of amides is 2. The zero-order valence-corrected chi connectivity index (χ0v) is 16.8. The summed E-state index contributed by atoms with van der Waals surface area (Å²) in [6, 6.07) is 12.1. The Morgan fingerprint density at radius 2 is 1.69 bits per heavy atom. The highest BCUT2D eigenvalue weighted by Gasteiger charge is 2.32. The zero-order chi connectivity index (χ0) is 20.2. The molecule has 2 aliphatic rings. The Hall–Kier alpha value is -2.96. The fraction of sp³-hybridized carbons (Fsp3) is 0.455. The third-order valence-corrected chi connectivity index (χ3v) is 5.85. The smallest absolute Gasteiger partial charge is 0.227 e. The maximum absolute atomic E-state index is 13.1. The Balaban J connectivity index is 1.42. The number of hydrogen-bond acceptors (Lipinski definition) is 5. The Morgan fingerprint density at radius 1 is 0.966 bits per heavy atom. The van der Waals surface area contributed by atoms with Gasteiger partial charge in [0.1, 0.15) is 12.1 Å². The molecule has 4 rings (SSSR count). The van der Waals surface area contributed by atoms with Crippen molar-refractivity contribution in [2.24, 2.45) is 5.92 Å². The van der Waals surface area contributed by atoms with Crippen molar-refractivity contribution < 1.29 is 9.59 Å². The largest absolute Gasteiger partial charge is 0.356 e. The molecule has 152 valence electrons. The second-order valence-electron chi connectivity index (χ2n) is 7.74. The van der Waals surface area contributed by atoms with Crippen molar-refractivity contribution in [3.63, 3.8) is 0 Å². The molecule has 7 heteroatoms. The van der Waals surface area contributed by atoms with Crippen LogP contribution in [0, 0.1) is 5.92 Å². The topological polar surface area (TPSA) is 69.6 Å². The lowest BCUT2D eigenvalue weighted by Gasteiger charge is -2.39. The van der Waals surface area contributed by atoms with Crippen molar-refractivity contribution in [3.8, 4) is 11.3 Å². The number of hydrogen-bond donors (Lipinski definition) is 0. The highest BCUT2D eigenvalue weighted by molar-refractivity contribution is 5.80. The van der Waals surface area contributed by atoms with E-state index < -0.39 is 0 Å². The van der Waals surface area contributed by atoms with Gasteiger partial charge in [-0.25, -0.2) is 9.97 Å². The van der Waals surface area contributed by atoms with E-state index >= 15 is 0 Å². The summed E-state index contributed by atoms with van der Waals surface area (Å²) >= 11 is 0. The second kappa shape index (κ2) is 8.59. The van der Waals surface area contributed by atoms with Gasteiger partial charge in [0.05, 0.1) is 11.6 Å². The van der Waals surface area contributed by atoms with Gasteiger partial charge in [0.15, 0.2) is 0 Å². The van der Waals surface area contributed by atoms with E-state index in [4.69, 9.17) is 0 Å². The maximum atomic E-state index is 13.1. The molecular weight excluding hydrogens is 366 g/mol. The lowest BCUT2D eigenvalue weighted by Crippen LogP contribution is -2.53. The van der Waals surface area contributed by atoms with Crippen LogP contribution in [0.5, 0.6) is 0 Å². The standard InChI is InChI=1S/C22H27N5O2/c1-17(28)25-10-12-26(13-11-25)22(29)19-8-5-9-27(15-19)21-14-20(23-16-24-21)18-6-3-2-4-7-18/h2-4,6-7,14,16,19H,5,8-13,15H2,1H3. The van der Waals surface area contributed by atoms with Crippen molar-refractivity contribution in [1.82, 2.24) is 19.8 Å². The predicted octanol–water partition coefficient (Wildman–Crippen LogP) is 2.05. The van der Waals surface area contributed by atoms with E-state index in [2.05, 4.69) is 14.9 Å². The molecule has 1 aromatic heterocycles. The van der Waals surface area contributed by atoms with Crippen molar-refractivity contribution in [2.75, 3.05) is 44.2 Å². The molecule has 2 amide bonds. The summed E-state index contributed by atoms with van der Waals surface area (Å²) in [5.41, 5.74) is 1.95. The minimum atomic E-state index is -0.0252. The molecule has 29 heavy (non-hydrogen) atoms. The summed E-state index contributed by atoms with van der Waals surface area (Å²) in [4.78, 5) is 39.4. The van der Waals surface area contributed by atoms with Crippen LogP contribution in [0.1, 0.15) is 19.8 Å². The van der Waals surface area contributed by atoms with Gasteiger partial charge in [0.2, 0.25) is 11.8 Å². The van der Waals surface area contributed by atoms with E-state index in [0.29, 0.717) is 32.7 Å². The number of aromatic nitrogens is 2. The van der Waals surface area contributed by atoms with Crippen molar-refractivity contribution >= 4 is 17.6 Å². The fourth-order valence-electron chi connectivity index (χ4n) is 4.17. The molecule has 0 bridgehead atoms. The Kier molecular flexibility index (Phi) is 5.74. The summed E-state index contributed by atoms with van der Waals surface area (Å²) in [7, 11) is 0. The van der Waals surface area contributed by atoms with Gasteiger partial charge in [-0.2, -0.15) is 0 Å². The average Bonchev–Trinajstić information content (AvgIpc) is 2.79. The van der Waals surface area contributed by atoms with Crippen LogP contribution in [0.2, 0.25) is 0 Å². The predicted molar refractivity (Wildman–Crippen MR) is 111 cm³/mol. The normalized spacial score (nSPS) is 19.9. The van der Waals surface area contributed by atoms with Crippen molar-refractivity contribution in [3.05, 3.63) is 42.7 Å². The molecule has 0 spiro atoms. The first-order chi connectivity index (χ1) is 14.1. The van der Waals surface area contributed by atoms with Crippen LogP contribution < -0.4 is 4.90 Å². The van der Waals surface area contributed by atoms with Gasteiger partial charge in [-0.05, 0) is 12.8 Å². The number of benzene rings is 1. The highest BCUT2D eigenvalue weighted by Crippen LogP contribution is 2.26. The van der Waals surface area contributed by atoms with E-state index in [9.17, 15) is 9.59 Å². The minimum Gasteiger partial charge on any atom is -0.356 e. The van der Waals surface area contributed by atoms with Crippen LogP contribution in [0.15, 0.2) is 42.7 Å². The molecular formula is C22H27N5O2. The van der Waals surface area contributed by atoms with E-state index in [1.807, 2.05) is 46.2 Å². The molecule has 0 aliphatic carbocycles. The van der Waals surface area contributed by atoms with E-state index in [0.717, 1.165) is 36.5 Å². The van der Waals surface area contributed by atoms with E-state index in [-0.39, 0.29) is 17.7 Å². The number of anilines is 1. The lowest BCUT2D eigenvalue weighted by molar-refractivity contribution is -0.141. The summed E-state index contributed by atoms with van der Waals surface area (Å²) < 4.78 is 0. The molecule has 7 nitrogen and oxygen atoms in total. The van der Waals surface area contributed by atoms with Crippen LogP contribution in [-0.4, -0.2) is 70.9 Å². The molecule has 1 aromatic carbocycles. The SMILES string of the molecule is CC(=O)N1CCN(C(=O)C2CCCN(c3cc(-c4ccccc4)ncn3)C2)CC1. The quantitative estimate of drug-likeness (QED) is 0.798. The summed E-state index contributed by atoms with van der Waals surface area (Å²) in [5, 5.41) is 0. The third kappa shape index (κ3) is 4.39. The molecule has 1 atom stereocenters. The van der Waals surface area contributed by atoms with Gasteiger partial charge in [-0.15, -0.1) is 0 Å². The first kappa shape index (κ1) is 19.4. The molecule has 2 fully saturated rings. The summed E-state index contributed by atoms with van der Waals surface area (Å²) in [5.74, 6) is 1.13. The number of nitrogens with zero attached hydrogens (tertiary/aromatic N) is 5. The summed E-state index contributed by atoms with van der Waals surface area (Å²) in [6.07, 6.45) is 3.47. The third-order valence-electron chi connectivity index (χ3n) is 5.85. The number of carbonyl (C=O) groups is 2. The Labute approximate surface area is 171 Å². The second-order valence-corrected chi connectivity index (χ2v) is 7.74. The number of piperidine rings is 1. The molecule has 2 saturated heterocycles. The fourth-order valence-corrected chi connectivity index (χ4v) is 4.17. The van der Waals surface area contributed by atoms with E-state index in [1.165, 1.54) is 0 Å². The van der Waals surface area contributed by atoms with E-state index in [1.54, 1.807) is 13.3 Å². The molecule has 2 aliphatic heterocycles. The van der Waals surface area contributed by atoms with Gasteiger partial charge < -0.3 is 14.7 Å². The Morgan fingerprint density at radius 3 is 2.41 bits per heavy atom. The van der Waals surface area contributed by atoms with Gasteiger partial charge in [-0.3, -0.25) is 9.59 Å². The molecule has 2 aromatic rings. The number of rotatable bonds is 3. The first-order valence-corrected chi connectivity index (χ1v) is 10.3. The zero-order valence-electron chi connectivity index (χ0n) is 16.8. The van der Waals surface area contributed by atoms with Crippen LogP contribution in [0.4, 0.5) is 5.82 Å². The minimum absolute atomic E-state index is 0.0252. The van der Waals surface area contributed by atoms with Gasteiger partial charge in [0.25, 0.3) is 0 Å². The van der Waals surface area contributed by atoms with Gasteiger partial charge in [0, 0.05) is 57.8 Å². The molecule has 3 heterocycles.